The van der Waals surface area contributed by atoms with Crippen molar-refractivity contribution in [2.24, 2.45) is 10.9 Å². The summed E-state index contributed by atoms with van der Waals surface area (Å²) in [5.41, 5.74) is 7.14. The molecule has 21 heavy (non-hydrogen) atoms. The third-order valence-electron chi connectivity index (χ3n) is 2.65. The number of rotatable bonds is 9. The summed E-state index contributed by atoms with van der Waals surface area (Å²) in [7, 11) is 1.69. The van der Waals surface area contributed by atoms with E-state index in [9.17, 15) is 0 Å². The summed E-state index contributed by atoms with van der Waals surface area (Å²) < 4.78 is 5.04. The molecule has 0 aliphatic rings. The average Bonchev–Trinajstić information content (AvgIpc) is 2.45. The fraction of sp³-hybridized carbons (Fsp3) is 0.500. The Hall–Kier alpha value is -0.520. The molecule has 0 fully saturated rings. The van der Waals surface area contributed by atoms with Crippen molar-refractivity contribution in [2.45, 2.75) is 19.3 Å². The second kappa shape index (κ2) is 12.1. The van der Waals surface area contributed by atoms with Crippen LogP contribution in [0.25, 0.3) is 0 Å². The Morgan fingerprint density at radius 2 is 1.95 bits per heavy atom. The lowest BCUT2D eigenvalue weighted by atomic mass is 10.0. The van der Waals surface area contributed by atoms with E-state index in [1.807, 2.05) is 6.07 Å². The Bertz CT molecular complexity index is 442. The highest BCUT2D eigenvalue weighted by atomic mass is 35.5. The van der Waals surface area contributed by atoms with Gasteiger partial charge in [-0.05, 0) is 31.4 Å². The van der Waals surface area contributed by atoms with Gasteiger partial charge in [0.15, 0.2) is 0 Å². The summed E-state index contributed by atoms with van der Waals surface area (Å²) >= 11 is 12.0. The van der Waals surface area contributed by atoms with E-state index in [4.69, 9.17) is 38.5 Å². The van der Waals surface area contributed by atoms with Crippen LogP contribution in [0.5, 0.6) is 0 Å². The standard InChI is InChI=1S/C14H20Cl2N2O2.ClH/c1-19-8-3-2-4-14(18-20-9-7-17)11-5-6-12(15)13(16)10-11;/h5-6,10H,2-4,7-9,17H2,1H3;1H. The number of unbranched alkanes of at least 4 members (excludes halogenated alkanes) is 1. The third-order valence-corrected chi connectivity index (χ3v) is 3.39. The van der Waals surface area contributed by atoms with Gasteiger partial charge in [-0.25, -0.2) is 0 Å². The molecule has 1 rings (SSSR count). The summed E-state index contributed by atoms with van der Waals surface area (Å²) in [4.78, 5) is 5.18. The lowest BCUT2D eigenvalue weighted by Crippen LogP contribution is -2.08. The van der Waals surface area contributed by atoms with Crippen molar-refractivity contribution in [3.63, 3.8) is 0 Å². The first-order valence-electron chi connectivity index (χ1n) is 6.52. The van der Waals surface area contributed by atoms with Gasteiger partial charge in [0.1, 0.15) is 6.61 Å². The summed E-state index contributed by atoms with van der Waals surface area (Å²) in [6.45, 7) is 1.56. The second-order valence-corrected chi connectivity index (χ2v) is 5.05. The van der Waals surface area contributed by atoms with E-state index in [1.165, 1.54) is 0 Å². The molecule has 0 heterocycles. The number of benzene rings is 1. The molecule has 0 atom stereocenters. The zero-order valence-electron chi connectivity index (χ0n) is 12.0. The summed E-state index contributed by atoms with van der Waals surface area (Å²) in [6.07, 6.45) is 2.71. The Kier molecular flexibility index (Phi) is 11.8. The van der Waals surface area contributed by atoms with E-state index in [0.29, 0.717) is 23.2 Å². The van der Waals surface area contributed by atoms with Crippen molar-refractivity contribution < 1.29 is 9.57 Å². The lowest BCUT2D eigenvalue weighted by Gasteiger charge is -2.08. The SMILES string of the molecule is COCCCCC(=NOCCN)c1ccc(Cl)c(Cl)c1.Cl. The van der Waals surface area contributed by atoms with Crippen LogP contribution in [0.3, 0.4) is 0 Å². The van der Waals surface area contributed by atoms with Gasteiger partial charge in [-0.2, -0.15) is 0 Å². The van der Waals surface area contributed by atoms with Gasteiger partial charge >= 0.3 is 0 Å². The molecule has 0 saturated carbocycles. The molecule has 0 saturated heterocycles. The number of methoxy groups -OCH3 is 1. The highest BCUT2D eigenvalue weighted by molar-refractivity contribution is 6.42. The van der Waals surface area contributed by atoms with Crippen molar-refractivity contribution >= 4 is 41.3 Å². The summed E-state index contributed by atoms with van der Waals surface area (Å²) in [5.74, 6) is 0. The van der Waals surface area contributed by atoms with Crippen LogP contribution in [-0.4, -0.2) is 32.6 Å². The Balaban J connectivity index is 0.00000400. The number of nitrogens with two attached hydrogens (primary N) is 1. The van der Waals surface area contributed by atoms with Crippen LogP contribution in [0.4, 0.5) is 0 Å². The van der Waals surface area contributed by atoms with Gasteiger partial charge in [0.05, 0.1) is 15.8 Å². The summed E-state index contributed by atoms with van der Waals surface area (Å²) in [6, 6.07) is 5.44. The third kappa shape index (κ3) is 7.88. The second-order valence-electron chi connectivity index (χ2n) is 4.24. The van der Waals surface area contributed by atoms with Crippen LogP contribution >= 0.6 is 35.6 Å². The number of ether oxygens (including phenoxy) is 1. The number of nitrogens with zero attached hydrogens (tertiary/aromatic N) is 1. The molecule has 0 aliphatic carbocycles. The molecule has 0 radical (unpaired) electrons. The predicted octanol–water partition coefficient (Wildman–Crippen LogP) is 3.91. The smallest absolute Gasteiger partial charge is 0.129 e. The molecule has 120 valence electrons. The maximum atomic E-state index is 6.04. The lowest BCUT2D eigenvalue weighted by molar-refractivity contribution is 0.151. The molecular formula is C14H21Cl3N2O2. The predicted molar refractivity (Wildman–Crippen MR) is 91.0 cm³/mol. The number of hydrogen-bond acceptors (Lipinski definition) is 4. The Morgan fingerprint density at radius 1 is 1.19 bits per heavy atom. The van der Waals surface area contributed by atoms with Crippen LogP contribution in [0, 0.1) is 0 Å². The first kappa shape index (κ1) is 20.5. The van der Waals surface area contributed by atoms with E-state index in [1.54, 1.807) is 19.2 Å². The molecule has 4 nitrogen and oxygen atoms in total. The van der Waals surface area contributed by atoms with Crippen molar-refractivity contribution in [2.75, 3.05) is 26.9 Å². The maximum absolute atomic E-state index is 6.04. The molecule has 2 N–H and O–H groups in total. The first-order chi connectivity index (χ1) is 9.69. The zero-order chi connectivity index (χ0) is 14.8. The molecular weight excluding hydrogens is 335 g/mol. The molecule has 0 unspecified atom stereocenters. The highest BCUT2D eigenvalue weighted by Gasteiger charge is 2.07. The first-order valence-corrected chi connectivity index (χ1v) is 7.28. The number of hydrogen-bond donors (Lipinski definition) is 1. The minimum absolute atomic E-state index is 0. The zero-order valence-corrected chi connectivity index (χ0v) is 14.3. The highest BCUT2D eigenvalue weighted by Crippen LogP contribution is 2.23. The number of halogens is 3. The minimum Gasteiger partial charge on any atom is -0.394 e. The van der Waals surface area contributed by atoms with Gasteiger partial charge in [-0.1, -0.05) is 34.4 Å². The van der Waals surface area contributed by atoms with E-state index in [2.05, 4.69) is 5.16 Å². The molecule has 0 amide bonds. The van der Waals surface area contributed by atoms with Gasteiger partial charge in [0.25, 0.3) is 0 Å². The van der Waals surface area contributed by atoms with Crippen molar-refractivity contribution in [3.8, 4) is 0 Å². The van der Waals surface area contributed by atoms with E-state index in [-0.39, 0.29) is 12.4 Å². The molecule has 1 aromatic rings. The van der Waals surface area contributed by atoms with Gasteiger partial charge in [0, 0.05) is 25.8 Å². The minimum atomic E-state index is 0. The Morgan fingerprint density at radius 3 is 2.57 bits per heavy atom. The van der Waals surface area contributed by atoms with E-state index in [0.717, 1.165) is 37.1 Å². The monoisotopic (exact) mass is 354 g/mol. The van der Waals surface area contributed by atoms with Gasteiger partial charge in [-0.15, -0.1) is 12.4 Å². The largest absolute Gasteiger partial charge is 0.394 e. The van der Waals surface area contributed by atoms with E-state index < -0.39 is 0 Å². The van der Waals surface area contributed by atoms with Gasteiger partial charge < -0.3 is 15.3 Å². The fourth-order valence-corrected chi connectivity index (χ4v) is 1.93. The Labute approximate surface area is 142 Å². The molecule has 1 aromatic carbocycles. The fourth-order valence-electron chi connectivity index (χ4n) is 1.63. The number of oxime groups is 1. The normalized spacial score (nSPS) is 11.1. The molecule has 0 aliphatic heterocycles. The van der Waals surface area contributed by atoms with Crippen molar-refractivity contribution in [3.05, 3.63) is 33.8 Å². The quantitative estimate of drug-likeness (QED) is 0.415. The molecule has 0 spiro atoms. The summed E-state index contributed by atoms with van der Waals surface area (Å²) in [5, 5.41) is 5.18. The maximum Gasteiger partial charge on any atom is 0.129 e. The van der Waals surface area contributed by atoms with Crippen LogP contribution in [-0.2, 0) is 9.57 Å². The van der Waals surface area contributed by atoms with Crippen LogP contribution in [0.15, 0.2) is 23.4 Å². The van der Waals surface area contributed by atoms with Crippen LogP contribution in [0.2, 0.25) is 10.0 Å². The van der Waals surface area contributed by atoms with Gasteiger partial charge in [-0.3, -0.25) is 0 Å². The van der Waals surface area contributed by atoms with Crippen LogP contribution < -0.4 is 5.73 Å². The molecule has 0 bridgehead atoms. The van der Waals surface area contributed by atoms with Gasteiger partial charge in [0.2, 0.25) is 0 Å². The molecule has 0 aromatic heterocycles. The molecule has 7 heteroatoms. The van der Waals surface area contributed by atoms with E-state index >= 15 is 0 Å². The van der Waals surface area contributed by atoms with Crippen LogP contribution in [0.1, 0.15) is 24.8 Å². The topological polar surface area (TPSA) is 56.8 Å². The van der Waals surface area contributed by atoms with Crippen molar-refractivity contribution in [1.82, 2.24) is 0 Å². The van der Waals surface area contributed by atoms with Crippen molar-refractivity contribution in [1.29, 1.82) is 0 Å². The average molecular weight is 356 g/mol.